The molecule has 8 heteroatoms. The summed E-state index contributed by atoms with van der Waals surface area (Å²) in [4.78, 5) is 40.6. The minimum atomic E-state index is -0.181. The number of anilines is 1. The quantitative estimate of drug-likeness (QED) is 0.640. The molecule has 2 N–H and O–H groups in total. The van der Waals surface area contributed by atoms with Gasteiger partial charge < -0.3 is 15.2 Å². The van der Waals surface area contributed by atoms with E-state index in [0.717, 1.165) is 47.5 Å². The second-order valence-corrected chi connectivity index (χ2v) is 8.51. The van der Waals surface area contributed by atoms with Crippen LogP contribution in [0, 0.1) is 0 Å². The van der Waals surface area contributed by atoms with Crippen LogP contribution in [0.3, 0.4) is 0 Å². The number of aromatic amines is 1. The van der Waals surface area contributed by atoms with E-state index in [1.54, 1.807) is 19.3 Å². The average molecular weight is 435 g/mol. The van der Waals surface area contributed by atoms with Gasteiger partial charge in [-0.1, -0.05) is 6.92 Å². The lowest BCUT2D eigenvalue weighted by atomic mass is 10.1. The topological polar surface area (TPSA) is 94.2 Å². The van der Waals surface area contributed by atoms with Gasteiger partial charge in [0.25, 0.3) is 11.5 Å². The van der Waals surface area contributed by atoms with Gasteiger partial charge in [-0.25, -0.2) is 4.98 Å². The Bertz CT molecular complexity index is 1160. The molecule has 2 atom stereocenters. The fourth-order valence-corrected chi connectivity index (χ4v) is 4.44. The van der Waals surface area contributed by atoms with Crippen LogP contribution in [0.5, 0.6) is 0 Å². The van der Waals surface area contributed by atoms with Gasteiger partial charge in [0.15, 0.2) is 0 Å². The highest BCUT2D eigenvalue weighted by Crippen LogP contribution is 2.24. The number of aromatic nitrogens is 3. The Labute approximate surface area is 187 Å². The maximum absolute atomic E-state index is 12.2. The van der Waals surface area contributed by atoms with Crippen LogP contribution in [-0.2, 0) is 13.0 Å². The Hall–Kier alpha value is -3.26. The molecule has 0 aliphatic carbocycles. The fraction of sp³-hybridized carbons (Fsp3) is 0.417. The maximum Gasteiger partial charge on any atom is 0.269 e. The lowest BCUT2D eigenvalue weighted by Crippen LogP contribution is -2.56. The number of carbonyl (C=O) groups excluding carboxylic acids is 1. The molecule has 4 heterocycles. The van der Waals surface area contributed by atoms with Gasteiger partial charge in [-0.3, -0.25) is 19.5 Å². The molecule has 3 aromatic heterocycles. The molecule has 0 radical (unpaired) electrons. The second kappa shape index (κ2) is 9.08. The Balaban J connectivity index is 1.48. The minimum absolute atomic E-state index is 0.0367. The summed E-state index contributed by atoms with van der Waals surface area (Å²) in [5, 5.41) is 2.60. The van der Waals surface area contributed by atoms with Crippen LogP contribution in [0.15, 0.2) is 41.5 Å². The third kappa shape index (κ3) is 4.36. The van der Waals surface area contributed by atoms with Gasteiger partial charge in [-0.2, -0.15) is 0 Å². The van der Waals surface area contributed by atoms with E-state index >= 15 is 0 Å². The Morgan fingerprint density at radius 2 is 1.91 bits per heavy atom. The van der Waals surface area contributed by atoms with Gasteiger partial charge in [-0.15, -0.1) is 0 Å². The van der Waals surface area contributed by atoms with E-state index in [1.807, 2.05) is 31.3 Å². The van der Waals surface area contributed by atoms with Crippen LogP contribution in [0.4, 0.5) is 5.69 Å². The van der Waals surface area contributed by atoms with E-state index in [-0.39, 0.29) is 11.5 Å². The molecule has 4 rings (SSSR count). The highest BCUT2D eigenvalue weighted by molar-refractivity contribution is 5.92. The van der Waals surface area contributed by atoms with E-state index in [9.17, 15) is 9.59 Å². The molecule has 0 aromatic carbocycles. The molecule has 1 saturated heterocycles. The Morgan fingerprint density at radius 3 is 2.53 bits per heavy atom. The zero-order valence-electron chi connectivity index (χ0n) is 19.1. The first kappa shape index (κ1) is 22.0. The summed E-state index contributed by atoms with van der Waals surface area (Å²) in [6.07, 6.45) is 4.37. The maximum atomic E-state index is 12.2. The number of carbonyl (C=O) groups is 1. The second-order valence-electron chi connectivity index (χ2n) is 8.51. The van der Waals surface area contributed by atoms with Crippen molar-refractivity contribution in [3.05, 3.63) is 63.8 Å². The van der Waals surface area contributed by atoms with Crippen LogP contribution in [0.1, 0.15) is 42.4 Å². The standard InChI is InChI=1S/C24H30N6O2/c1-5-18-9-21-22(28-23(18)31)8-17(10-26-21)14-30-15(2)12-29(13-16(30)3)19-6-7-20(27-11-19)24(32)25-4/h6-11,15-16H,5,12-14H2,1-4H3,(H,25,32)(H,28,31)/t15-,16-/m1/s1. The molecule has 1 amide bonds. The molecule has 1 aliphatic rings. The third-order valence-electron chi connectivity index (χ3n) is 6.25. The van der Waals surface area contributed by atoms with Gasteiger partial charge in [0.05, 0.1) is 22.9 Å². The number of H-pyrrole nitrogens is 1. The SMILES string of the molecule is CCc1cc2ncc(CN3[C@H](C)CN(c4ccc(C(=O)NC)nc4)C[C@H]3C)cc2[nH]c1=O. The molecule has 32 heavy (non-hydrogen) atoms. The molecule has 168 valence electrons. The third-order valence-corrected chi connectivity index (χ3v) is 6.25. The van der Waals surface area contributed by atoms with Crippen molar-refractivity contribution in [1.82, 2.24) is 25.2 Å². The molecule has 1 aliphatic heterocycles. The molecule has 8 nitrogen and oxygen atoms in total. The number of rotatable bonds is 5. The van der Waals surface area contributed by atoms with Gasteiger partial charge in [0.2, 0.25) is 0 Å². The number of piperazine rings is 1. The van der Waals surface area contributed by atoms with Crippen LogP contribution < -0.4 is 15.8 Å². The monoisotopic (exact) mass is 434 g/mol. The molecule has 0 saturated carbocycles. The van der Waals surface area contributed by atoms with Crippen molar-refractivity contribution in [2.45, 2.75) is 45.8 Å². The first-order valence-electron chi connectivity index (χ1n) is 11.1. The van der Waals surface area contributed by atoms with Crippen molar-refractivity contribution in [3.63, 3.8) is 0 Å². The molecule has 0 unspecified atom stereocenters. The van der Waals surface area contributed by atoms with Gasteiger partial charge in [0.1, 0.15) is 5.69 Å². The number of amides is 1. The summed E-state index contributed by atoms with van der Waals surface area (Å²) in [7, 11) is 1.60. The van der Waals surface area contributed by atoms with Crippen molar-refractivity contribution in [3.8, 4) is 0 Å². The normalized spacial score (nSPS) is 19.3. The highest BCUT2D eigenvalue weighted by Gasteiger charge is 2.30. The molecule has 0 spiro atoms. The van der Waals surface area contributed by atoms with Crippen molar-refractivity contribution in [2.24, 2.45) is 0 Å². The van der Waals surface area contributed by atoms with Crippen molar-refractivity contribution in [1.29, 1.82) is 0 Å². The van der Waals surface area contributed by atoms with E-state index in [1.165, 1.54) is 0 Å². The molecular weight excluding hydrogens is 404 g/mol. The predicted octanol–water partition coefficient (Wildman–Crippen LogP) is 2.34. The van der Waals surface area contributed by atoms with Crippen LogP contribution in [0.2, 0.25) is 0 Å². The van der Waals surface area contributed by atoms with E-state index in [0.29, 0.717) is 24.2 Å². The number of aryl methyl sites for hydroxylation is 1. The number of hydrogen-bond acceptors (Lipinski definition) is 6. The summed E-state index contributed by atoms with van der Waals surface area (Å²) in [5.74, 6) is -0.181. The molecule has 1 fully saturated rings. The number of hydrogen-bond donors (Lipinski definition) is 2. The van der Waals surface area contributed by atoms with Crippen molar-refractivity contribution >= 4 is 22.6 Å². The molecule has 0 bridgehead atoms. The lowest BCUT2D eigenvalue weighted by Gasteiger charge is -2.45. The fourth-order valence-electron chi connectivity index (χ4n) is 4.44. The van der Waals surface area contributed by atoms with Gasteiger partial charge in [0, 0.05) is 50.5 Å². The molecular formula is C24H30N6O2. The van der Waals surface area contributed by atoms with Gasteiger partial charge in [-0.05, 0) is 50.1 Å². The summed E-state index contributed by atoms with van der Waals surface area (Å²) < 4.78 is 0. The number of nitrogens with zero attached hydrogens (tertiary/aromatic N) is 4. The van der Waals surface area contributed by atoms with E-state index in [4.69, 9.17) is 0 Å². The lowest BCUT2D eigenvalue weighted by molar-refractivity contribution is 0.0958. The average Bonchev–Trinajstić information content (AvgIpc) is 2.80. The van der Waals surface area contributed by atoms with E-state index in [2.05, 4.69) is 43.9 Å². The van der Waals surface area contributed by atoms with Crippen LogP contribution in [0.25, 0.3) is 11.0 Å². The van der Waals surface area contributed by atoms with Crippen LogP contribution in [-0.4, -0.2) is 58.0 Å². The van der Waals surface area contributed by atoms with E-state index < -0.39 is 0 Å². The summed E-state index contributed by atoms with van der Waals surface area (Å²) in [6.45, 7) is 8.91. The first-order chi connectivity index (χ1) is 15.4. The molecule has 3 aromatic rings. The minimum Gasteiger partial charge on any atom is -0.367 e. The highest BCUT2D eigenvalue weighted by atomic mass is 16.1. The van der Waals surface area contributed by atoms with Crippen molar-refractivity contribution < 1.29 is 4.79 Å². The smallest absolute Gasteiger partial charge is 0.269 e. The summed E-state index contributed by atoms with van der Waals surface area (Å²) in [5.41, 5.74) is 4.85. The summed E-state index contributed by atoms with van der Waals surface area (Å²) in [6, 6.07) is 8.27. The van der Waals surface area contributed by atoms with Crippen molar-refractivity contribution in [2.75, 3.05) is 25.0 Å². The number of fused-ring (bicyclic) bond motifs is 1. The zero-order valence-corrected chi connectivity index (χ0v) is 19.1. The Morgan fingerprint density at radius 1 is 1.16 bits per heavy atom. The first-order valence-corrected chi connectivity index (χ1v) is 11.1. The largest absolute Gasteiger partial charge is 0.367 e. The Kier molecular flexibility index (Phi) is 6.23. The number of pyridine rings is 3. The number of nitrogens with one attached hydrogen (secondary N) is 2. The predicted molar refractivity (Wildman–Crippen MR) is 126 cm³/mol. The summed E-state index contributed by atoms with van der Waals surface area (Å²) >= 11 is 0. The van der Waals surface area contributed by atoms with Crippen LogP contribution >= 0.6 is 0 Å². The zero-order chi connectivity index (χ0) is 22.8. The van der Waals surface area contributed by atoms with Gasteiger partial charge >= 0.3 is 0 Å².